The molecule has 0 bridgehead atoms. The number of hydrogen-bond acceptors (Lipinski definition) is 4. The van der Waals surface area contributed by atoms with Crippen LogP contribution < -0.4 is 19.5 Å². The van der Waals surface area contributed by atoms with E-state index in [1.165, 1.54) is 0 Å². The third-order valence-corrected chi connectivity index (χ3v) is 2.81. The second-order valence-corrected chi connectivity index (χ2v) is 5.28. The normalized spacial score (nSPS) is 11.2. The van der Waals surface area contributed by atoms with Gasteiger partial charge < -0.3 is 19.5 Å². The molecule has 1 rings (SSSR count). The van der Waals surface area contributed by atoms with Crippen LogP contribution in [0.15, 0.2) is 18.2 Å². The number of benzene rings is 1. The molecule has 0 heterocycles. The lowest BCUT2D eigenvalue weighted by Gasteiger charge is -2.25. The fourth-order valence-corrected chi connectivity index (χ4v) is 1.66. The highest BCUT2D eigenvalue weighted by Crippen LogP contribution is 2.28. The lowest BCUT2D eigenvalue weighted by molar-refractivity contribution is 0.176. The van der Waals surface area contributed by atoms with Gasteiger partial charge in [0.1, 0.15) is 17.2 Å². The van der Waals surface area contributed by atoms with Crippen molar-refractivity contribution < 1.29 is 14.2 Å². The highest BCUT2D eigenvalue weighted by Gasteiger charge is 2.18. The molecule has 108 valence electrons. The Kier molecular flexibility index (Phi) is 5.96. The van der Waals surface area contributed by atoms with Crippen LogP contribution in [0.2, 0.25) is 0 Å². The highest BCUT2D eigenvalue weighted by molar-refractivity contribution is 5.42. The van der Waals surface area contributed by atoms with E-state index in [9.17, 15) is 0 Å². The summed E-state index contributed by atoms with van der Waals surface area (Å²) in [5.41, 5.74) is 0.0757. The first kappa shape index (κ1) is 15.6. The van der Waals surface area contributed by atoms with E-state index in [0.717, 1.165) is 30.3 Å². The van der Waals surface area contributed by atoms with E-state index >= 15 is 0 Å². The van der Waals surface area contributed by atoms with E-state index in [1.54, 1.807) is 14.2 Å². The number of hydrogen-bond donors (Lipinski definition) is 1. The SMILES string of the molecule is CCNCC(C)(C)COc1cc(OC)cc(OC)c1. The molecule has 0 aromatic heterocycles. The molecule has 0 atom stereocenters. The van der Waals surface area contributed by atoms with Crippen LogP contribution in [-0.2, 0) is 0 Å². The summed E-state index contributed by atoms with van der Waals surface area (Å²) in [4.78, 5) is 0. The van der Waals surface area contributed by atoms with Crippen molar-refractivity contribution in [2.45, 2.75) is 20.8 Å². The van der Waals surface area contributed by atoms with Crippen molar-refractivity contribution in [1.29, 1.82) is 0 Å². The van der Waals surface area contributed by atoms with Crippen molar-refractivity contribution >= 4 is 0 Å². The Morgan fingerprint density at radius 1 is 1.00 bits per heavy atom. The van der Waals surface area contributed by atoms with Crippen LogP contribution in [0.5, 0.6) is 17.2 Å². The van der Waals surface area contributed by atoms with E-state index in [0.29, 0.717) is 6.61 Å². The van der Waals surface area contributed by atoms with E-state index in [-0.39, 0.29) is 5.41 Å². The monoisotopic (exact) mass is 267 g/mol. The Labute approximate surface area is 116 Å². The third kappa shape index (κ3) is 5.39. The Bertz CT molecular complexity index is 369. The Morgan fingerprint density at radius 2 is 1.53 bits per heavy atom. The van der Waals surface area contributed by atoms with Crippen molar-refractivity contribution in [3.8, 4) is 17.2 Å². The largest absolute Gasteiger partial charge is 0.496 e. The molecule has 0 aliphatic heterocycles. The van der Waals surface area contributed by atoms with Gasteiger partial charge in [-0.05, 0) is 6.54 Å². The molecule has 0 spiro atoms. The topological polar surface area (TPSA) is 39.7 Å². The summed E-state index contributed by atoms with van der Waals surface area (Å²) in [6.07, 6.45) is 0. The van der Waals surface area contributed by atoms with Gasteiger partial charge in [0.2, 0.25) is 0 Å². The standard InChI is InChI=1S/C15H25NO3/c1-6-16-10-15(2,3)11-19-14-8-12(17-4)7-13(9-14)18-5/h7-9,16H,6,10-11H2,1-5H3. The molecule has 1 aromatic rings. The van der Waals surface area contributed by atoms with Gasteiger partial charge in [-0.3, -0.25) is 0 Å². The minimum Gasteiger partial charge on any atom is -0.496 e. The van der Waals surface area contributed by atoms with Crippen LogP contribution in [0.25, 0.3) is 0 Å². The van der Waals surface area contributed by atoms with Crippen LogP contribution in [0.4, 0.5) is 0 Å². The zero-order valence-electron chi connectivity index (χ0n) is 12.6. The molecule has 0 radical (unpaired) electrons. The fraction of sp³-hybridized carbons (Fsp3) is 0.600. The average molecular weight is 267 g/mol. The lowest BCUT2D eigenvalue weighted by atomic mass is 9.95. The van der Waals surface area contributed by atoms with E-state index < -0.39 is 0 Å². The van der Waals surface area contributed by atoms with Crippen LogP contribution in [-0.4, -0.2) is 33.9 Å². The van der Waals surface area contributed by atoms with Gasteiger partial charge in [-0.15, -0.1) is 0 Å². The average Bonchev–Trinajstić information content (AvgIpc) is 2.42. The molecule has 0 fully saturated rings. The highest BCUT2D eigenvalue weighted by atomic mass is 16.5. The van der Waals surface area contributed by atoms with Gasteiger partial charge in [0.25, 0.3) is 0 Å². The first-order chi connectivity index (χ1) is 9.00. The molecule has 0 aliphatic rings. The molecule has 4 heteroatoms. The minimum absolute atomic E-state index is 0.0757. The Hall–Kier alpha value is -1.42. The molecule has 0 amide bonds. The maximum Gasteiger partial charge on any atom is 0.126 e. The second kappa shape index (κ2) is 7.24. The van der Waals surface area contributed by atoms with Gasteiger partial charge in [-0.25, -0.2) is 0 Å². The predicted octanol–water partition coefficient (Wildman–Crippen LogP) is 2.72. The minimum atomic E-state index is 0.0757. The van der Waals surface area contributed by atoms with Gasteiger partial charge in [0.15, 0.2) is 0 Å². The second-order valence-electron chi connectivity index (χ2n) is 5.28. The molecule has 0 saturated carbocycles. The molecule has 19 heavy (non-hydrogen) atoms. The third-order valence-electron chi connectivity index (χ3n) is 2.81. The maximum absolute atomic E-state index is 5.85. The molecule has 0 saturated heterocycles. The fourth-order valence-electron chi connectivity index (χ4n) is 1.66. The summed E-state index contributed by atoms with van der Waals surface area (Å²) >= 11 is 0. The summed E-state index contributed by atoms with van der Waals surface area (Å²) in [6, 6.07) is 5.56. The van der Waals surface area contributed by atoms with E-state index in [4.69, 9.17) is 14.2 Å². The van der Waals surface area contributed by atoms with Gasteiger partial charge in [0, 0.05) is 30.2 Å². The smallest absolute Gasteiger partial charge is 0.126 e. The first-order valence-electron chi connectivity index (χ1n) is 6.57. The zero-order chi connectivity index (χ0) is 14.3. The van der Waals surface area contributed by atoms with Gasteiger partial charge in [-0.1, -0.05) is 20.8 Å². The molecular weight excluding hydrogens is 242 g/mol. The summed E-state index contributed by atoms with van der Waals surface area (Å²) in [5, 5.41) is 3.34. The van der Waals surface area contributed by atoms with Gasteiger partial charge in [-0.2, -0.15) is 0 Å². The van der Waals surface area contributed by atoms with Crippen LogP contribution >= 0.6 is 0 Å². The van der Waals surface area contributed by atoms with Crippen molar-refractivity contribution in [2.24, 2.45) is 5.41 Å². The summed E-state index contributed by atoms with van der Waals surface area (Å²) in [7, 11) is 3.27. The van der Waals surface area contributed by atoms with Crippen molar-refractivity contribution in [1.82, 2.24) is 5.32 Å². The molecular formula is C15H25NO3. The predicted molar refractivity (Wildman–Crippen MR) is 77.4 cm³/mol. The van der Waals surface area contributed by atoms with Crippen molar-refractivity contribution in [3.05, 3.63) is 18.2 Å². The Balaban J connectivity index is 2.66. The molecule has 0 aliphatic carbocycles. The van der Waals surface area contributed by atoms with E-state index in [1.807, 2.05) is 18.2 Å². The molecule has 1 aromatic carbocycles. The summed E-state index contributed by atoms with van der Waals surface area (Å²) < 4.78 is 16.3. The first-order valence-corrected chi connectivity index (χ1v) is 6.57. The Morgan fingerprint density at radius 3 is 2.00 bits per heavy atom. The van der Waals surface area contributed by atoms with Crippen molar-refractivity contribution in [2.75, 3.05) is 33.9 Å². The number of ether oxygens (including phenoxy) is 3. The summed E-state index contributed by atoms with van der Waals surface area (Å²) in [5.74, 6) is 2.23. The number of nitrogens with one attached hydrogen (secondary N) is 1. The number of rotatable bonds is 8. The maximum atomic E-state index is 5.85. The molecule has 1 N–H and O–H groups in total. The van der Waals surface area contributed by atoms with Crippen LogP contribution in [0.1, 0.15) is 20.8 Å². The van der Waals surface area contributed by atoms with E-state index in [2.05, 4.69) is 26.1 Å². The summed E-state index contributed by atoms with van der Waals surface area (Å²) in [6.45, 7) is 8.97. The lowest BCUT2D eigenvalue weighted by Crippen LogP contribution is -2.34. The molecule has 4 nitrogen and oxygen atoms in total. The van der Waals surface area contributed by atoms with Crippen LogP contribution in [0, 0.1) is 5.41 Å². The van der Waals surface area contributed by atoms with Crippen LogP contribution in [0.3, 0.4) is 0 Å². The quantitative estimate of drug-likeness (QED) is 0.786. The number of methoxy groups -OCH3 is 2. The zero-order valence-corrected chi connectivity index (χ0v) is 12.6. The van der Waals surface area contributed by atoms with Gasteiger partial charge in [0.05, 0.1) is 20.8 Å². The van der Waals surface area contributed by atoms with Crippen molar-refractivity contribution in [3.63, 3.8) is 0 Å². The van der Waals surface area contributed by atoms with Gasteiger partial charge >= 0.3 is 0 Å². The molecule has 0 unspecified atom stereocenters.